The molecule has 7 heteroatoms. The Morgan fingerprint density at radius 2 is 2.15 bits per heavy atom. The summed E-state index contributed by atoms with van der Waals surface area (Å²) >= 11 is 1.61. The van der Waals surface area contributed by atoms with E-state index in [-0.39, 0.29) is 6.42 Å². The molecule has 0 aliphatic rings. The van der Waals surface area contributed by atoms with Crippen LogP contribution < -0.4 is 5.43 Å². The average molecular weight is 290 g/mol. The Kier molecular flexibility index (Phi) is 4.89. The molecule has 0 aliphatic carbocycles. The Bertz CT molecular complexity index is 598. The molecule has 1 amide bonds. The van der Waals surface area contributed by atoms with Crippen LogP contribution in [0.15, 0.2) is 46.8 Å². The summed E-state index contributed by atoms with van der Waals surface area (Å²) in [6.45, 7) is 0. The van der Waals surface area contributed by atoms with E-state index < -0.39 is 5.91 Å². The molecule has 0 atom stereocenters. The molecule has 0 bridgehead atoms. The van der Waals surface area contributed by atoms with E-state index in [2.05, 4.69) is 10.4 Å². The van der Waals surface area contributed by atoms with Crippen molar-refractivity contribution in [2.75, 3.05) is 0 Å². The molecule has 6 nitrogen and oxygen atoms in total. The summed E-state index contributed by atoms with van der Waals surface area (Å²) in [7, 11) is 1.83. The molecule has 104 valence electrons. The van der Waals surface area contributed by atoms with Gasteiger partial charge in [0.2, 0.25) is 5.91 Å². The maximum atomic E-state index is 11.4. The number of carbonyl (C=O) groups excluding carboxylic acids is 1. The summed E-state index contributed by atoms with van der Waals surface area (Å²) in [6.07, 6.45) is 1.73. The fourth-order valence-corrected chi connectivity index (χ4v) is 2.81. The van der Waals surface area contributed by atoms with Crippen molar-refractivity contribution in [3.05, 3.63) is 52.6 Å². The van der Waals surface area contributed by atoms with Gasteiger partial charge in [-0.1, -0.05) is 30.3 Å². The molecule has 2 rings (SSSR count). The number of nitrogens with one attached hydrogen (secondary N) is 1. The minimum absolute atomic E-state index is 0.0940. The summed E-state index contributed by atoms with van der Waals surface area (Å²) < 4.78 is 1.73. The van der Waals surface area contributed by atoms with E-state index >= 15 is 0 Å². The molecule has 0 spiro atoms. The highest BCUT2D eigenvalue weighted by Crippen LogP contribution is 2.26. The number of hydrogen-bond acceptors (Lipinski definition) is 5. The minimum Gasteiger partial charge on any atom is -0.273 e. The number of hydrogen-bond donors (Lipinski definition) is 1. The molecule has 0 unspecified atom stereocenters. The van der Waals surface area contributed by atoms with E-state index in [1.54, 1.807) is 22.6 Å². The maximum Gasteiger partial charge on any atom is 0.247 e. The van der Waals surface area contributed by atoms with Crippen molar-refractivity contribution in [3.8, 4) is 0 Å². The lowest BCUT2D eigenvalue weighted by molar-refractivity contribution is -0.120. The van der Waals surface area contributed by atoms with Gasteiger partial charge >= 0.3 is 0 Å². The molecule has 0 radical (unpaired) electrons. The van der Waals surface area contributed by atoms with Gasteiger partial charge in [0.25, 0.3) is 0 Å². The van der Waals surface area contributed by atoms with Crippen LogP contribution in [-0.4, -0.2) is 15.7 Å². The van der Waals surface area contributed by atoms with Crippen molar-refractivity contribution in [2.24, 2.45) is 12.3 Å². The zero-order valence-corrected chi connectivity index (χ0v) is 11.8. The van der Waals surface area contributed by atoms with Crippen LogP contribution in [0.2, 0.25) is 0 Å². The number of thioether (sulfide) groups is 1. The van der Waals surface area contributed by atoms with E-state index in [9.17, 15) is 9.70 Å². The van der Waals surface area contributed by atoms with Gasteiger partial charge in [-0.2, -0.15) is 5.10 Å². The molecule has 0 saturated carbocycles. The zero-order valence-electron chi connectivity index (χ0n) is 10.9. The molecule has 2 aromatic rings. The number of benzene rings is 1. The van der Waals surface area contributed by atoms with Crippen molar-refractivity contribution >= 4 is 17.7 Å². The van der Waals surface area contributed by atoms with Gasteiger partial charge in [-0.25, -0.2) is 5.43 Å². The van der Waals surface area contributed by atoms with Gasteiger partial charge < -0.3 is 0 Å². The van der Waals surface area contributed by atoms with E-state index in [1.807, 2.05) is 42.8 Å². The summed E-state index contributed by atoms with van der Waals surface area (Å²) in [6, 6.07) is 10.0. The number of amides is 1. The summed E-state index contributed by atoms with van der Waals surface area (Å²) in [5, 5.41) is 7.44. The van der Waals surface area contributed by atoms with Gasteiger partial charge in [0.1, 0.15) is 0 Å². The van der Waals surface area contributed by atoms with Gasteiger partial charge in [-0.15, -0.1) is 16.7 Å². The van der Waals surface area contributed by atoms with Crippen LogP contribution in [-0.2, 0) is 24.0 Å². The fraction of sp³-hybridized carbons (Fsp3) is 0.231. The van der Waals surface area contributed by atoms with E-state index in [0.717, 1.165) is 16.3 Å². The number of nitrogens with zero attached hydrogens (tertiary/aromatic N) is 3. The van der Waals surface area contributed by atoms with Crippen molar-refractivity contribution in [2.45, 2.75) is 17.2 Å². The third-order valence-electron chi connectivity index (χ3n) is 2.70. The molecule has 0 aliphatic heterocycles. The molecule has 1 N–H and O–H groups in total. The molecular weight excluding hydrogens is 276 g/mol. The van der Waals surface area contributed by atoms with Crippen LogP contribution >= 0.6 is 11.8 Å². The number of nitroso groups, excluding NO2 is 1. The molecule has 1 aromatic heterocycles. The predicted octanol–water partition coefficient (Wildman–Crippen LogP) is 2.05. The second kappa shape index (κ2) is 6.85. The van der Waals surface area contributed by atoms with Crippen LogP contribution in [0.1, 0.15) is 11.1 Å². The van der Waals surface area contributed by atoms with Gasteiger partial charge in [-0.3, -0.25) is 9.48 Å². The fourth-order valence-electron chi connectivity index (χ4n) is 1.77. The number of rotatable bonds is 6. The first-order valence-corrected chi connectivity index (χ1v) is 6.98. The Hall–Kier alpha value is -2.15. The van der Waals surface area contributed by atoms with Crippen molar-refractivity contribution in [3.63, 3.8) is 0 Å². The predicted molar refractivity (Wildman–Crippen MR) is 76.9 cm³/mol. The Morgan fingerprint density at radius 3 is 2.85 bits per heavy atom. The van der Waals surface area contributed by atoms with Crippen LogP contribution in [0.5, 0.6) is 0 Å². The van der Waals surface area contributed by atoms with E-state index in [1.165, 1.54) is 5.56 Å². The minimum atomic E-state index is -0.436. The van der Waals surface area contributed by atoms with Gasteiger partial charge in [-0.05, 0) is 5.56 Å². The first-order chi connectivity index (χ1) is 9.70. The standard InChI is InChI=1S/C13H14N4O2S/c1-17-13(20-9-10-5-3-2-4-6-10)11(8-14-17)7-12(18)15-16-19/h2-6,8H,7,9H2,1H3,(H,15,18,19). The van der Waals surface area contributed by atoms with Gasteiger partial charge in [0.05, 0.1) is 22.9 Å². The Balaban J connectivity index is 2.05. The smallest absolute Gasteiger partial charge is 0.247 e. The number of aromatic nitrogens is 2. The highest BCUT2D eigenvalue weighted by molar-refractivity contribution is 7.98. The van der Waals surface area contributed by atoms with Crippen molar-refractivity contribution in [1.82, 2.24) is 15.2 Å². The first kappa shape index (κ1) is 14.3. The normalized spacial score (nSPS) is 10.2. The van der Waals surface area contributed by atoms with Crippen LogP contribution in [0, 0.1) is 4.91 Å². The van der Waals surface area contributed by atoms with Crippen LogP contribution in [0.25, 0.3) is 0 Å². The SMILES string of the molecule is Cn1ncc(CC(=O)NN=O)c1SCc1ccccc1. The molecule has 1 aromatic carbocycles. The Morgan fingerprint density at radius 1 is 1.40 bits per heavy atom. The third kappa shape index (κ3) is 3.67. The summed E-state index contributed by atoms with van der Waals surface area (Å²) in [5.74, 6) is 0.357. The molecular formula is C13H14N4O2S. The molecule has 0 saturated heterocycles. The number of carbonyl (C=O) groups is 1. The van der Waals surface area contributed by atoms with Crippen LogP contribution in [0.4, 0.5) is 0 Å². The zero-order chi connectivity index (χ0) is 14.4. The summed E-state index contributed by atoms with van der Waals surface area (Å²) in [4.78, 5) is 21.4. The van der Waals surface area contributed by atoms with Crippen molar-refractivity contribution < 1.29 is 4.79 Å². The second-order valence-electron chi connectivity index (χ2n) is 4.18. The molecule has 0 fully saturated rings. The first-order valence-electron chi connectivity index (χ1n) is 5.99. The lowest BCUT2D eigenvalue weighted by atomic mass is 10.2. The molecule has 1 heterocycles. The summed E-state index contributed by atoms with van der Waals surface area (Å²) in [5.41, 5.74) is 3.87. The highest BCUT2D eigenvalue weighted by atomic mass is 32.2. The maximum absolute atomic E-state index is 11.4. The van der Waals surface area contributed by atoms with Crippen LogP contribution in [0.3, 0.4) is 0 Å². The van der Waals surface area contributed by atoms with E-state index in [4.69, 9.17) is 0 Å². The monoisotopic (exact) mass is 290 g/mol. The Labute approximate surface area is 120 Å². The highest BCUT2D eigenvalue weighted by Gasteiger charge is 2.13. The second-order valence-corrected chi connectivity index (χ2v) is 5.14. The molecule has 20 heavy (non-hydrogen) atoms. The van der Waals surface area contributed by atoms with Gasteiger partial charge in [0.15, 0.2) is 0 Å². The average Bonchev–Trinajstić information content (AvgIpc) is 2.78. The topological polar surface area (TPSA) is 76.3 Å². The number of aryl methyl sites for hydroxylation is 1. The lowest BCUT2D eigenvalue weighted by Crippen LogP contribution is -2.18. The quantitative estimate of drug-likeness (QED) is 0.502. The lowest BCUT2D eigenvalue weighted by Gasteiger charge is -2.05. The van der Waals surface area contributed by atoms with E-state index in [0.29, 0.717) is 0 Å². The largest absolute Gasteiger partial charge is 0.273 e. The van der Waals surface area contributed by atoms with Crippen molar-refractivity contribution in [1.29, 1.82) is 0 Å². The van der Waals surface area contributed by atoms with Gasteiger partial charge in [0, 0.05) is 18.4 Å². The third-order valence-corrected chi connectivity index (χ3v) is 3.97.